The Hall–Kier alpha value is -2.35. The number of nitrogens with zero attached hydrogens (tertiary/aromatic N) is 4. The fourth-order valence-electron chi connectivity index (χ4n) is 2.76. The van der Waals surface area contributed by atoms with Gasteiger partial charge in [-0.25, -0.2) is 8.42 Å². The molecule has 0 aliphatic carbocycles. The van der Waals surface area contributed by atoms with Crippen molar-refractivity contribution < 1.29 is 8.42 Å². The molecule has 1 fully saturated rings. The second-order valence-corrected chi connectivity index (χ2v) is 7.71. The summed E-state index contributed by atoms with van der Waals surface area (Å²) in [6, 6.07) is 11.9. The van der Waals surface area contributed by atoms with Crippen molar-refractivity contribution in [2.75, 3.05) is 47.0 Å². The molecule has 1 aliphatic rings. The molecule has 3 rings (SSSR count). The number of piperazine rings is 1. The monoisotopic (exact) mass is 347 g/mol. The van der Waals surface area contributed by atoms with Gasteiger partial charge in [-0.05, 0) is 36.8 Å². The summed E-state index contributed by atoms with van der Waals surface area (Å²) in [5.74, 6) is 0.998. The van der Waals surface area contributed by atoms with E-state index in [-0.39, 0.29) is 5.82 Å². The van der Waals surface area contributed by atoms with Gasteiger partial charge in [-0.15, -0.1) is 10.2 Å². The van der Waals surface area contributed by atoms with E-state index in [9.17, 15) is 8.42 Å². The Balaban J connectivity index is 1.62. The summed E-state index contributed by atoms with van der Waals surface area (Å²) in [7, 11) is -3.33. The van der Waals surface area contributed by atoms with Crippen molar-refractivity contribution in [2.45, 2.75) is 6.92 Å². The van der Waals surface area contributed by atoms with Crippen LogP contribution in [0.1, 0.15) is 5.56 Å². The highest BCUT2D eigenvalue weighted by molar-refractivity contribution is 7.92. The van der Waals surface area contributed by atoms with Crippen LogP contribution in [0.4, 0.5) is 17.3 Å². The van der Waals surface area contributed by atoms with E-state index in [0.29, 0.717) is 0 Å². The topological polar surface area (TPSA) is 78.4 Å². The fraction of sp³-hybridized carbons (Fsp3) is 0.375. The van der Waals surface area contributed by atoms with Crippen molar-refractivity contribution in [3.05, 3.63) is 42.0 Å². The van der Waals surface area contributed by atoms with E-state index in [2.05, 4.69) is 55.9 Å². The lowest BCUT2D eigenvalue weighted by Crippen LogP contribution is -2.46. The molecule has 2 heterocycles. The van der Waals surface area contributed by atoms with Crippen LogP contribution in [0.15, 0.2) is 36.4 Å². The maximum atomic E-state index is 11.2. The van der Waals surface area contributed by atoms with Crippen molar-refractivity contribution in [3.8, 4) is 0 Å². The second-order valence-electron chi connectivity index (χ2n) is 5.96. The average molecular weight is 347 g/mol. The maximum Gasteiger partial charge on any atom is 0.231 e. The van der Waals surface area contributed by atoms with Gasteiger partial charge in [-0.2, -0.15) is 0 Å². The molecule has 8 heteroatoms. The number of sulfonamides is 1. The highest BCUT2D eigenvalue weighted by Gasteiger charge is 2.19. The molecule has 0 amide bonds. The molecule has 0 saturated carbocycles. The van der Waals surface area contributed by atoms with Crippen LogP contribution in [0.2, 0.25) is 0 Å². The molecule has 0 spiro atoms. The summed E-state index contributed by atoms with van der Waals surface area (Å²) in [5.41, 5.74) is 2.50. The van der Waals surface area contributed by atoms with Crippen LogP contribution in [0.5, 0.6) is 0 Å². The van der Waals surface area contributed by atoms with E-state index in [1.807, 2.05) is 0 Å². The molecule has 7 nitrogen and oxygen atoms in total. The zero-order chi connectivity index (χ0) is 17.2. The molecular weight excluding hydrogens is 326 g/mol. The second kappa shape index (κ2) is 6.64. The lowest BCUT2D eigenvalue weighted by Gasteiger charge is -2.36. The number of anilines is 3. The van der Waals surface area contributed by atoms with Crippen LogP contribution in [-0.4, -0.2) is 51.0 Å². The van der Waals surface area contributed by atoms with Gasteiger partial charge < -0.3 is 9.80 Å². The SMILES string of the molecule is Cc1cccc(N2CCN(c3ccc(NS(C)(=O)=O)nn3)CC2)c1. The van der Waals surface area contributed by atoms with Gasteiger partial charge in [0.25, 0.3) is 0 Å². The summed E-state index contributed by atoms with van der Waals surface area (Å²) < 4.78 is 24.7. The van der Waals surface area contributed by atoms with Gasteiger partial charge in [0, 0.05) is 31.9 Å². The minimum atomic E-state index is -3.33. The van der Waals surface area contributed by atoms with Crippen LogP contribution in [-0.2, 0) is 10.0 Å². The summed E-state index contributed by atoms with van der Waals surface area (Å²) in [6.45, 7) is 5.62. The van der Waals surface area contributed by atoms with Gasteiger partial charge in [-0.3, -0.25) is 4.72 Å². The highest BCUT2D eigenvalue weighted by atomic mass is 32.2. The van der Waals surface area contributed by atoms with Crippen molar-refractivity contribution in [3.63, 3.8) is 0 Å². The van der Waals surface area contributed by atoms with Crippen molar-refractivity contribution >= 4 is 27.3 Å². The van der Waals surface area contributed by atoms with Crippen molar-refractivity contribution in [1.29, 1.82) is 0 Å². The van der Waals surface area contributed by atoms with Gasteiger partial charge in [0.15, 0.2) is 11.6 Å². The van der Waals surface area contributed by atoms with Crippen LogP contribution in [0.25, 0.3) is 0 Å². The van der Waals surface area contributed by atoms with E-state index >= 15 is 0 Å². The van der Waals surface area contributed by atoms with E-state index in [0.717, 1.165) is 38.3 Å². The van der Waals surface area contributed by atoms with Crippen LogP contribution in [0, 0.1) is 6.92 Å². The lowest BCUT2D eigenvalue weighted by atomic mass is 10.2. The summed E-state index contributed by atoms with van der Waals surface area (Å²) in [4.78, 5) is 4.51. The largest absolute Gasteiger partial charge is 0.368 e. The zero-order valence-electron chi connectivity index (χ0n) is 13.8. The third kappa shape index (κ3) is 4.14. The number of hydrogen-bond donors (Lipinski definition) is 1. The normalized spacial score (nSPS) is 15.4. The molecule has 0 bridgehead atoms. The molecule has 0 atom stereocenters. The summed E-state index contributed by atoms with van der Waals surface area (Å²) in [6.07, 6.45) is 1.09. The first-order valence-corrected chi connectivity index (χ1v) is 9.68. The van der Waals surface area contributed by atoms with E-state index in [4.69, 9.17) is 0 Å². The highest BCUT2D eigenvalue weighted by Crippen LogP contribution is 2.20. The van der Waals surface area contributed by atoms with Gasteiger partial charge >= 0.3 is 0 Å². The molecule has 24 heavy (non-hydrogen) atoms. The summed E-state index contributed by atoms with van der Waals surface area (Å²) in [5, 5.41) is 8.06. The minimum absolute atomic E-state index is 0.236. The van der Waals surface area contributed by atoms with Crippen molar-refractivity contribution in [2.24, 2.45) is 0 Å². The minimum Gasteiger partial charge on any atom is -0.368 e. The standard InChI is InChI=1S/C16H21N5O2S/c1-13-4-3-5-14(12-13)20-8-10-21(11-9-20)16-7-6-15(17-18-16)19-24(2,22)23/h3-7,12H,8-11H2,1-2H3,(H,17,19). The lowest BCUT2D eigenvalue weighted by molar-refractivity contribution is 0.606. The van der Waals surface area contributed by atoms with Crippen molar-refractivity contribution in [1.82, 2.24) is 10.2 Å². The molecule has 128 valence electrons. The molecule has 1 saturated heterocycles. The quantitative estimate of drug-likeness (QED) is 0.903. The molecule has 1 aromatic heterocycles. The molecule has 0 radical (unpaired) electrons. The Morgan fingerprint density at radius 1 is 1.00 bits per heavy atom. The van der Waals surface area contributed by atoms with Crippen LogP contribution >= 0.6 is 0 Å². The van der Waals surface area contributed by atoms with E-state index in [1.54, 1.807) is 12.1 Å². The number of hydrogen-bond acceptors (Lipinski definition) is 6. The molecule has 0 unspecified atom stereocenters. The van der Waals surface area contributed by atoms with Gasteiger partial charge in [0.2, 0.25) is 10.0 Å². The van der Waals surface area contributed by atoms with Gasteiger partial charge in [0.1, 0.15) is 0 Å². The Kier molecular flexibility index (Phi) is 4.57. The van der Waals surface area contributed by atoms with Crippen LogP contribution < -0.4 is 14.5 Å². The van der Waals surface area contributed by atoms with Gasteiger partial charge in [0.05, 0.1) is 6.26 Å². The van der Waals surface area contributed by atoms with Crippen LogP contribution in [0.3, 0.4) is 0 Å². The van der Waals surface area contributed by atoms with Gasteiger partial charge in [-0.1, -0.05) is 12.1 Å². The molecule has 2 aromatic rings. The van der Waals surface area contributed by atoms with E-state index < -0.39 is 10.0 Å². The molecular formula is C16H21N5O2S. The Labute approximate surface area is 142 Å². The Morgan fingerprint density at radius 3 is 2.29 bits per heavy atom. The fourth-order valence-corrected chi connectivity index (χ4v) is 3.25. The maximum absolute atomic E-state index is 11.2. The smallest absolute Gasteiger partial charge is 0.231 e. The predicted molar refractivity (Wildman–Crippen MR) is 96.1 cm³/mol. The number of benzene rings is 1. The number of aryl methyl sites for hydroxylation is 1. The first-order valence-electron chi connectivity index (χ1n) is 7.79. The number of aromatic nitrogens is 2. The zero-order valence-corrected chi connectivity index (χ0v) is 14.6. The van der Waals surface area contributed by atoms with E-state index in [1.165, 1.54) is 11.3 Å². The number of nitrogens with one attached hydrogen (secondary N) is 1. The Bertz CT molecular complexity index is 799. The predicted octanol–water partition coefficient (Wildman–Crippen LogP) is 1.48. The molecule has 1 aliphatic heterocycles. The third-order valence-electron chi connectivity index (χ3n) is 3.91. The average Bonchev–Trinajstić information content (AvgIpc) is 2.54. The third-order valence-corrected chi connectivity index (χ3v) is 4.49. The Morgan fingerprint density at radius 2 is 1.71 bits per heavy atom. The number of rotatable bonds is 4. The first kappa shape index (κ1) is 16.5. The molecule has 1 N–H and O–H groups in total. The summed E-state index contributed by atoms with van der Waals surface area (Å²) >= 11 is 0. The molecule has 1 aromatic carbocycles. The first-order chi connectivity index (χ1) is 11.4.